The highest BCUT2D eigenvalue weighted by Crippen LogP contribution is 2.41. The van der Waals surface area contributed by atoms with Gasteiger partial charge in [-0.05, 0) is 79.8 Å². The van der Waals surface area contributed by atoms with Gasteiger partial charge < -0.3 is 10.2 Å². The van der Waals surface area contributed by atoms with Gasteiger partial charge in [-0.3, -0.25) is 4.79 Å². The van der Waals surface area contributed by atoms with Crippen LogP contribution in [0.3, 0.4) is 0 Å². The zero-order chi connectivity index (χ0) is 31.4. The second kappa shape index (κ2) is 10.9. The summed E-state index contributed by atoms with van der Waals surface area (Å²) < 4.78 is 29.2. The summed E-state index contributed by atoms with van der Waals surface area (Å²) in [5.74, 6) is 0.614. The Morgan fingerprint density at radius 1 is 0.884 bits per heavy atom. The summed E-state index contributed by atoms with van der Waals surface area (Å²) >= 11 is 0. The van der Waals surface area contributed by atoms with E-state index >= 15 is 0 Å². The summed E-state index contributed by atoms with van der Waals surface area (Å²) in [4.78, 5) is 25.3. The number of hydrogen-bond acceptors (Lipinski definition) is 7. The Morgan fingerprint density at radius 2 is 1.58 bits per heavy atom. The average molecular weight is 604 g/mol. The third-order valence-corrected chi connectivity index (χ3v) is 9.93. The quantitative estimate of drug-likeness (QED) is 0.317. The van der Waals surface area contributed by atoms with Crippen LogP contribution in [0.1, 0.15) is 108 Å². The average Bonchev–Trinajstić information content (AvgIpc) is 3.23. The third-order valence-electron chi connectivity index (χ3n) is 8.69. The predicted molar refractivity (Wildman–Crippen MR) is 172 cm³/mol. The Kier molecular flexibility index (Phi) is 7.86. The normalized spacial score (nSPS) is 22.0. The fraction of sp³-hybridized carbons (Fsp3) is 0.500. The van der Waals surface area contributed by atoms with Gasteiger partial charge in [0.2, 0.25) is 0 Å². The molecule has 3 aromatic rings. The first-order valence-corrected chi connectivity index (χ1v) is 16.6. The molecule has 1 amide bonds. The molecular weight excluding hydrogens is 558 g/mol. The van der Waals surface area contributed by atoms with E-state index in [1.807, 2.05) is 6.07 Å². The molecule has 5 rings (SSSR count). The zero-order valence-electron chi connectivity index (χ0n) is 26.7. The summed E-state index contributed by atoms with van der Waals surface area (Å²) in [7, 11) is -4.25. The molecule has 0 radical (unpaired) electrons. The topological polar surface area (TPSA) is 104 Å². The molecule has 2 atom stereocenters. The largest absolute Gasteiger partial charge is 0.363 e. The van der Waals surface area contributed by atoms with Crippen molar-refractivity contribution in [2.24, 2.45) is 5.92 Å². The fourth-order valence-corrected chi connectivity index (χ4v) is 7.13. The molecule has 43 heavy (non-hydrogen) atoms. The molecule has 0 aliphatic carbocycles. The highest BCUT2D eigenvalue weighted by molar-refractivity contribution is 7.90. The van der Waals surface area contributed by atoms with Gasteiger partial charge in [0.25, 0.3) is 15.9 Å². The SMILES string of the molecule is CC(C)(C)c1ccc([C@@H]2CC[C@@H]3CN(c4nc(C(C)(C)C)ccc4C(=O)NS(=O)(=O)c4cccc(n4)N2)C(C)(C)C3)cc1. The monoisotopic (exact) mass is 603 g/mol. The van der Waals surface area contributed by atoms with Gasteiger partial charge in [-0.15, -0.1) is 0 Å². The van der Waals surface area contributed by atoms with E-state index in [-0.39, 0.29) is 33.0 Å². The minimum Gasteiger partial charge on any atom is -0.363 e. The second-order valence-electron chi connectivity index (χ2n) is 14.8. The van der Waals surface area contributed by atoms with Gasteiger partial charge in [0.1, 0.15) is 11.6 Å². The summed E-state index contributed by atoms with van der Waals surface area (Å²) in [6, 6.07) is 16.9. The first kappa shape index (κ1) is 31.0. The lowest BCUT2D eigenvalue weighted by Gasteiger charge is -2.34. The van der Waals surface area contributed by atoms with Crippen molar-refractivity contribution < 1.29 is 13.2 Å². The summed E-state index contributed by atoms with van der Waals surface area (Å²) in [5.41, 5.74) is 2.98. The molecule has 0 unspecified atom stereocenters. The molecule has 1 fully saturated rings. The third kappa shape index (κ3) is 6.56. The van der Waals surface area contributed by atoms with Crippen LogP contribution < -0.4 is 14.9 Å². The van der Waals surface area contributed by atoms with Gasteiger partial charge in [0, 0.05) is 23.2 Å². The van der Waals surface area contributed by atoms with Crippen molar-refractivity contribution in [3.05, 3.63) is 77.0 Å². The van der Waals surface area contributed by atoms with Gasteiger partial charge in [0.15, 0.2) is 5.03 Å². The molecule has 2 aromatic heterocycles. The maximum Gasteiger partial charge on any atom is 0.281 e. The molecule has 1 aromatic carbocycles. The van der Waals surface area contributed by atoms with Crippen molar-refractivity contribution in [2.45, 2.75) is 102 Å². The standard InChI is InChI=1S/C34H45N5O3S/c1-32(2,3)24-15-13-23(14-16-24)26-18-12-22-20-34(7,8)39(21-22)30-25(17-19-27(36-30)33(4,5)6)31(40)38-43(41,42)29-11-9-10-28(35-26)37-29/h9-11,13-17,19,22,26H,12,18,20-21H2,1-8H3,(H,35,37)(H,38,40)/t22-,26-/m0/s1. The number of carbonyl (C=O) groups is 1. The van der Waals surface area contributed by atoms with Crippen molar-refractivity contribution in [3.63, 3.8) is 0 Å². The zero-order valence-corrected chi connectivity index (χ0v) is 27.5. The predicted octanol–water partition coefficient (Wildman–Crippen LogP) is 6.74. The molecule has 2 aliphatic rings. The fourth-order valence-electron chi connectivity index (χ4n) is 6.19. The molecular formula is C34H45N5O3S. The molecule has 1 saturated heterocycles. The van der Waals surface area contributed by atoms with Crippen LogP contribution in [0.5, 0.6) is 0 Å². The van der Waals surface area contributed by atoms with E-state index in [2.05, 4.69) is 99.6 Å². The number of rotatable bonds is 1. The smallest absolute Gasteiger partial charge is 0.281 e. The molecule has 2 N–H and O–H groups in total. The first-order valence-electron chi connectivity index (χ1n) is 15.1. The minimum absolute atomic E-state index is 0.0402. The van der Waals surface area contributed by atoms with Crippen molar-refractivity contribution in [1.29, 1.82) is 0 Å². The highest BCUT2D eigenvalue weighted by Gasteiger charge is 2.41. The molecule has 2 aliphatic heterocycles. The second-order valence-corrected chi connectivity index (χ2v) is 16.4. The lowest BCUT2D eigenvalue weighted by atomic mass is 9.85. The Hall–Kier alpha value is -3.46. The Labute approximate surface area is 256 Å². The number of fused-ring (bicyclic) bond motifs is 6. The number of sulfonamides is 1. The molecule has 4 heterocycles. The number of benzene rings is 1. The number of pyridine rings is 2. The number of amides is 1. The van der Waals surface area contributed by atoms with Crippen molar-refractivity contribution in [2.75, 3.05) is 16.8 Å². The van der Waals surface area contributed by atoms with E-state index in [0.29, 0.717) is 17.6 Å². The number of nitrogens with one attached hydrogen (secondary N) is 2. The number of nitrogens with zero attached hydrogens (tertiary/aromatic N) is 3. The molecule has 4 bridgehead atoms. The van der Waals surface area contributed by atoms with E-state index in [0.717, 1.165) is 37.1 Å². The highest BCUT2D eigenvalue weighted by atomic mass is 32.2. The van der Waals surface area contributed by atoms with Gasteiger partial charge in [0.05, 0.1) is 11.6 Å². The molecule has 230 valence electrons. The van der Waals surface area contributed by atoms with E-state index in [1.54, 1.807) is 18.2 Å². The molecule has 0 saturated carbocycles. The number of aromatic nitrogens is 2. The molecule has 0 spiro atoms. The Morgan fingerprint density at radius 3 is 2.23 bits per heavy atom. The Balaban J connectivity index is 1.60. The van der Waals surface area contributed by atoms with Crippen LogP contribution in [0.25, 0.3) is 0 Å². The molecule has 8 nitrogen and oxygen atoms in total. The van der Waals surface area contributed by atoms with Crippen LogP contribution in [-0.2, 0) is 20.9 Å². The summed E-state index contributed by atoms with van der Waals surface area (Å²) in [6.07, 6.45) is 2.70. The van der Waals surface area contributed by atoms with E-state index in [1.165, 1.54) is 11.6 Å². The van der Waals surface area contributed by atoms with Gasteiger partial charge in [-0.1, -0.05) is 71.9 Å². The number of carbonyl (C=O) groups excluding carboxylic acids is 1. The lowest BCUT2D eigenvalue weighted by molar-refractivity contribution is 0.0981. The summed E-state index contributed by atoms with van der Waals surface area (Å²) in [5, 5.41) is 3.30. The van der Waals surface area contributed by atoms with Crippen LogP contribution in [0, 0.1) is 5.92 Å². The van der Waals surface area contributed by atoms with Crippen LogP contribution in [-0.4, -0.2) is 36.4 Å². The first-order chi connectivity index (χ1) is 19.9. The maximum atomic E-state index is 13.6. The minimum atomic E-state index is -4.25. The lowest BCUT2D eigenvalue weighted by Crippen LogP contribution is -2.41. The number of hydrogen-bond donors (Lipinski definition) is 2. The number of anilines is 2. The van der Waals surface area contributed by atoms with Crippen LogP contribution in [0.4, 0.5) is 11.6 Å². The van der Waals surface area contributed by atoms with Crippen molar-refractivity contribution in [3.8, 4) is 0 Å². The van der Waals surface area contributed by atoms with E-state index < -0.39 is 15.9 Å². The van der Waals surface area contributed by atoms with Crippen LogP contribution >= 0.6 is 0 Å². The van der Waals surface area contributed by atoms with Gasteiger partial charge >= 0.3 is 0 Å². The van der Waals surface area contributed by atoms with Crippen molar-refractivity contribution in [1.82, 2.24) is 14.7 Å². The van der Waals surface area contributed by atoms with Crippen LogP contribution in [0.15, 0.2) is 59.6 Å². The van der Waals surface area contributed by atoms with E-state index in [9.17, 15) is 13.2 Å². The van der Waals surface area contributed by atoms with Crippen molar-refractivity contribution >= 4 is 27.6 Å². The maximum absolute atomic E-state index is 13.6. The molecule has 9 heteroatoms. The Bertz CT molecular complexity index is 1620. The van der Waals surface area contributed by atoms with Crippen LogP contribution in [0.2, 0.25) is 0 Å². The summed E-state index contributed by atoms with van der Waals surface area (Å²) in [6.45, 7) is 17.9. The van der Waals surface area contributed by atoms with E-state index in [4.69, 9.17) is 4.98 Å². The van der Waals surface area contributed by atoms with Gasteiger partial charge in [-0.2, -0.15) is 8.42 Å². The van der Waals surface area contributed by atoms with Gasteiger partial charge in [-0.25, -0.2) is 14.7 Å².